The molecule has 0 bridgehead atoms. The molecular weight excluding hydrogens is 320 g/mol. The maximum Gasteiger partial charge on any atom is 0.247 e. The van der Waals surface area contributed by atoms with Gasteiger partial charge in [0, 0.05) is 18.0 Å². The van der Waals surface area contributed by atoms with Gasteiger partial charge in [-0.2, -0.15) is 0 Å². The van der Waals surface area contributed by atoms with Crippen molar-refractivity contribution in [3.05, 3.63) is 52.0 Å². The fraction of sp³-hybridized carbons (Fsp3) is 0.368. The average Bonchev–Trinajstić information content (AvgIpc) is 3.23. The molecule has 0 N–H and O–H groups in total. The van der Waals surface area contributed by atoms with Crippen LogP contribution in [0.2, 0.25) is 0 Å². The molecule has 2 heterocycles. The van der Waals surface area contributed by atoms with E-state index >= 15 is 0 Å². The molecule has 1 unspecified atom stereocenters. The van der Waals surface area contributed by atoms with Crippen LogP contribution >= 0.6 is 11.3 Å². The molecule has 5 heteroatoms. The van der Waals surface area contributed by atoms with Gasteiger partial charge in [0.05, 0.1) is 23.4 Å². The molecule has 1 atom stereocenters. The Labute approximate surface area is 146 Å². The summed E-state index contributed by atoms with van der Waals surface area (Å²) >= 11 is 1.59. The largest absolute Gasteiger partial charge is 0.494 e. The lowest BCUT2D eigenvalue weighted by Gasteiger charge is -2.24. The molecule has 3 rings (SSSR count). The first kappa shape index (κ1) is 16.7. The Morgan fingerprint density at radius 3 is 2.88 bits per heavy atom. The maximum atomic E-state index is 12.6. The van der Waals surface area contributed by atoms with Crippen LogP contribution in [-0.4, -0.2) is 28.9 Å². The van der Waals surface area contributed by atoms with E-state index in [-0.39, 0.29) is 11.9 Å². The lowest BCUT2D eigenvalue weighted by molar-refractivity contribution is -0.126. The highest BCUT2D eigenvalue weighted by atomic mass is 32.1. The molecule has 2 aromatic rings. The average molecular weight is 342 g/mol. The van der Waals surface area contributed by atoms with Gasteiger partial charge in [0.15, 0.2) is 0 Å². The molecule has 4 nitrogen and oxygen atoms in total. The second-order valence-electron chi connectivity index (χ2n) is 5.82. The van der Waals surface area contributed by atoms with Gasteiger partial charge in [-0.3, -0.25) is 4.79 Å². The third-order valence-corrected chi connectivity index (χ3v) is 4.94. The van der Waals surface area contributed by atoms with Crippen LogP contribution < -0.4 is 4.74 Å². The number of benzene rings is 1. The van der Waals surface area contributed by atoms with E-state index in [1.165, 1.54) is 5.56 Å². The smallest absolute Gasteiger partial charge is 0.247 e. The van der Waals surface area contributed by atoms with Gasteiger partial charge in [0.2, 0.25) is 5.91 Å². The van der Waals surface area contributed by atoms with Crippen LogP contribution in [0.1, 0.15) is 42.1 Å². The van der Waals surface area contributed by atoms with Crippen molar-refractivity contribution in [3.63, 3.8) is 0 Å². The number of aromatic nitrogens is 1. The third-order valence-electron chi connectivity index (χ3n) is 4.15. The quantitative estimate of drug-likeness (QED) is 0.764. The molecule has 0 saturated carbocycles. The van der Waals surface area contributed by atoms with Gasteiger partial charge in [0.1, 0.15) is 5.75 Å². The Hall–Kier alpha value is -2.14. The molecule has 0 spiro atoms. The molecule has 1 fully saturated rings. The van der Waals surface area contributed by atoms with Gasteiger partial charge in [-0.1, -0.05) is 12.1 Å². The molecule has 0 radical (unpaired) electrons. The van der Waals surface area contributed by atoms with Crippen molar-refractivity contribution < 1.29 is 9.53 Å². The minimum absolute atomic E-state index is 0.0528. The van der Waals surface area contributed by atoms with Crippen molar-refractivity contribution in [1.29, 1.82) is 0 Å². The lowest BCUT2D eigenvalue weighted by Crippen LogP contribution is -2.28. The Morgan fingerprint density at radius 2 is 2.21 bits per heavy atom. The summed E-state index contributed by atoms with van der Waals surface area (Å²) in [7, 11) is 0. The van der Waals surface area contributed by atoms with Gasteiger partial charge in [-0.25, -0.2) is 4.98 Å². The number of thiazole rings is 1. The predicted molar refractivity (Wildman–Crippen MR) is 97.2 cm³/mol. The fourth-order valence-electron chi connectivity index (χ4n) is 3.04. The summed E-state index contributed by atoms with van der Waals surface area (Å²) in [4.78, 5) is 18.9. The summed E-state index contributed by atoms with van der Waals surface area (Å²) in [6.07, 6.45) is 5.48. The molecule has 1 aromatic carbocycles. The number of hydrogen-bond acceptors (Lipinski definition) is 4. The topological polar surface area (TPSA) is 42.4 Å². The number of nitrogens with zero attached hydrogens (tertiary/aromatic N) is 2. The Morgan fingerprint density at radius 1 is 1.42 bits per heavy atom. The molecule has 0 aliphatic carbocycles. The zero-order chi connectivity index (χ0) is 16.9. The van der Waals surface area contributed by atoms with Crippen molar-refractivity contribution in [2.75, 3.05) is 13.2 Å². The van der Waals surface area contributed by atoms with Crippen LogP contribution in [0.4, 0.5) is 0 Å². The Kier molecular flexibility index (Phi) is 5.30. The van der Waals surface area contributed by atoms with Crippen molar-refractivity contribution >= 4 is 23.3 Å². The van der Waals surface area contributed by atoms with E-state index in [1.807, 2.05) is 36.3 Å². The minimum atomic E-state index is 0.0528. The Bertz CT molecular complexity index is 721. The number of aryl methyl sites for hydroxylation is 1. The summed E-state index contributed by atoms with van der Waals surface area (Å²) in [5.74, 6) is 0.924. The second-order valence-corrected chi connectivity index (χ2v) is 6.88. The van der Waals surface area contributed by atoms with Crippen LogP contribution in [0.15, 0.2) is 35.7 Å². The number of hydrogen-bond donors (Lipinski definition) is 0. The van der Waals surface area contributed by atoms with Gasteiger partial charge < -0.3 is 9.64 Å². The number of carbonyl (C=O) groups is 1. The number of rotatable bonds is 5. The molecule has 1 saturated heterocycles. The van der Waals surface area contributed by atoms with Crippen LogP contribution in [0.5, 0.6) is 5.75 Å². The van der Waals surface area contributed by atoms with Crippen molar-refractivity contribution in [1.82, 2.24) is 9.88 Å². The van der Waals surface area contributed by atoms with E-state index in [1.54, 1.807) is 23.5 Å². The zero-order valence-electron chi connectivity index (χ0n) is 14.1. The summed E-state index contributed by atoms with van der Waals surface area (Å²) in [5, 5.41) is 2.98. The monoisotopic (exact) mass is 342 g/mol. The summed E-state index contributed by atoms with van der Waals surface area (Å²) in [6.45, 7) is 5.40. The van der Waals surface area contributed by atoms with Gasteiger partial charge in [-0.05, 0) is 50.5 Å². The van der Waals surface area contributed by atoms with E-state index < -0.39 is 0 Å². The highest BCUT2D eigenvalue weighted by Gasteiger charge is 2.28. The Balaban J connectivity index is 1.70. The first-order valence-corrected chi connectivity index (χ1v) is 9.19. The first-order chi connectivity index (χ1) is 11.7. The molecule has 24 heavy (non-hydrogen) atoms. The number of carbonyl (C=O) groups excluding carboxylic acids is 1. The molecule has 1 aromatic heterocycles. The van der Waals surface area contributed by atoms with Gasteiger partial charge >= 0.3 is 0 Å². The molecule has 1 aliphatic rings. The molecule has 126 valence electrons. The highest BCUT2D eigenvalue weighted by Crippen LogP contribution is 2.33. The zero-order valence-corrected chi connectivity index (χ0v) is 14.9. The molecule has 1 aliphatic heterocycles. The lowest BCUT2D eigenvalue weighted by atomic mass is 10.0. The van der Waals surface area contributed by atoms with Crippen molar-refractivity contribution in [2.24, 2.45) is 0 Å². The van der Waals surface area contributed by atoms with Crippen molar-refractivity contribution in [3.8, 4) is 5.75 Å². The molecule has 1 amide bonds. The third kappa shape index (κ3) is 3.85. The number of amides is 1. The number of ether oxygens (including phenoxy) is 1. The highest BCUT2D eigenvalue weighted by molar-refractivity contribution is 7.09. The first-order valence-electron chi connectivity index (χ1n) is 8.31. The van der Waals surface area contributed by atoms with Crippen LogP contribution in [0.3, 0.4) is 0 Å². The summed E-state index contributed by atoms with van der Waals surface area (Å²) in [5.41, 5.74) is 2.02. The summed E-state index contributed by atoms with van der Waals surface area (Å²) in [6, 6.07) is 8.24. The molecular formula is C19H22N2O2S. The fourth-order valence-corrected chi connectivity index (χ4v) is 3.62. The minimum Gasteiger partial charge on any atom is -0.494 e. The van der Waals surface area contributed by atoms with Crippen LogP contribution in [0, 0.1) is 6.92 Å². The van der Waals surface area contributed by atoms with E-state index in [4.69, 9.17) is 4.74 Å². The van der Waals surface area contributed by atoms with Gasteiger partial charge in [0.25, 0.3) is 0 Å². The second kappa shape index (κ2) is 7.62. The van der Waals surface area contributed by atoms with E-state index in [2.05, 4.69) is 17.1 Å². The van der Waals surface area contributed by atoms with E-state index in [0.29, 0.717) is 6.61 Å². The van der Waals surface area contributed by atoms with Crippen LogP contribution in [-0.2, 0) is 4.79 Å². The summed E-state index contributed by atoms with van der Waals surface area (Å²) < 4.78 is 5.49. The van der Waals surface area contributed by atoms with Gasteiger partial charge in [-0.15, -0.1) is 11.3 Å². The predicted octanol–water partition coefficient (Wildman–Crippen LogP) is 4.23. The van der Waals surface area contributed by atoms with Crippen LogP contribution in [0.25, 0.3) is 6.08 Å². The standard InChI is InChI=1S/C19H22N2O2S/c1-3-23-17-9-6-15(7-10-17)18-5-4-12-21(18)19(22)11-8-16-13-24-14(2)20-16/h6-11,13,18H,3-5,12H2,1-2H3/b11-8+. The van der Waals surface area contributed by atoms with E-state index in [9.17, 15) is 4.79 Å². The SMILES string of the molecule is CCOc1ccc(C2CCCN2C(=O)/C=C/c2csc(C)n2)cc1. The van der Waals surface area contributed by atoms with Crippen molar-refractivity contribution in [2.45, 2.75) is 32.7 Å². The number of likely N-dealkylation sites (tertiary alicyclic amines) is 1. The maximum absolute atomic E-state index is 12.6. The van der Waals surface area contributed by atoms with E-state index in [0.717, 1.165) is 35.8 Å². The normalized spacial score (nSPS) is 17.6.